The van der Waals surface area contributed by atoms with Gasteiger partial charge in [-0.3, -0.25) is 4.79 Å². The third-order valence-corrected chi connectivity index (χ3v) is 7.78. The molecule has 1 aliphatic carbocycles. The molecule has 1 aliphatic heterocycles. The van der Waals surface area contributed by atoms with Gasteiger partial charge in [0.2, 0.25) is 0 Å². The van der Waals surface area contributed by atoms with E-state index in [0.29, 0.717) is 12.8 Å². The number of rotatable bonds is 3. The summed E-state index contributed by atoms with van der Waals surface area (Å²) in [5.41, 5.74) is 9.99. The van der Waals surface area contributed by atoms with Crippen molar-refractivity contribution in [2.24, 2.45) is 16.5 Å². The topological polar surface area (TPSA) is 141 Å². The maximum absolute atomic E-state index is 14.5. The molecule has 5 N–H and O–H groups in total. The minimum atomic E-state index is -3.73. The highest BCUT2D eigenvalue weighted by molar-refractivity contribution is 7.94. The fourth-order valence-electron chi connectivity index (χ4n) is 3.39. The first-order valence-electron chi connectivity index (χ1n) is 8.66. The summed E-state index contributed by atoms with van der Waals surface area (Å²) in [7, 11) is -3.73. The number of hydrogen-bond acceptors (Lipinski definition) is 7. The van der Waals surface area contributed by atoms with Gasteiger partial charge in [-0.15, -0.1) is 0 Å². The number of hydrogen-bond donors (Lipinski definition) is 3. The number of pyridine rings is 1. The lowest BCUT2D eigenvalue weighted by Crippen LogP contribution is -2.55. The Morgan fingerprint density at radius 3 is 2.48 bits per heavy atom. The van der Waals surface area contributed by atoms with Gasteiger partial charge in [0.25, 0.3) is 5.91 Å². The third kappa shape index (κ3) is 3.15. The van der Waals surface area contributed by atoms with Gasteiger partial charge < -0.3 is 16.8 Å². The monoisotopic (exact) mass is 421 g/mol. The molecule has 1 unspecified atom stereocenters. The standard InChI is InChI=1S/C18H17F2N5O3S/c19-10-1-4-14(23-8-10)15(26)24-11-2-3-13(20)12(7-11)18(22)9-29(27,28)17(5-6-17)16(21)25-18/h1-4,7-8H,5-6,9,22H2,(H2,21,25)(H,24,26). The van der Waals surface area contributed by atoms with E-state index in [1.165, 1.54) is 18.2 Å². The van der Waals surface area contributed by atoms with Crippen LogP contribution in [0.1, 0.15) is 28.9 Å². The van der Waals surface area contributed by atoms with Crippen LogP contribution in [-0.4, -0.2) is 35.6 Å². The van der Waals surface area contributed by atoms with Crippen molar-refractivity contribution in [3.63, 3.8) is 0 Å². The lowest BCUT2D eigenvalue weighted by atomic mass is 10.0. The number of nitrogens with two attached hydrogens (primary N) is 2. The summed E-state index contributed by atoms with van der Waals surface area (Å²) in [6, 6.07) is 5.78. The summed E-state index contributed by atoms with van der Waals surface area (Å²) in [5, 5.41) is 2.49. The lowest BCUT2D eigenvalue weighted by molar-refractivity contribution is 0.102. The van der Waals surface area contributed by atoms with Crippen molar-refractivity contribution in [2.45, 2.75) is 23.3 Å². The van der Waals surface area contributed by atoms with Gasteiger partial charge in [-0.25, -0.2) is 27.2 Å². The summed E-state index contributed by atoms with van der Waals surface area (Å²) in [6.45, 7) is 0. The molecule has 29 heavy (non-hydrogen) atoms. The number of amidine groups is 1. The van der Waals surface area contributed by atoms with E-state index < -0.39 is 43.5 Å². The number of aliphatic imine (C=N–C) groups is 1. The molecule has 2 heterocycles. The quantitative estimate of drug-likeness (QED) is 0.676. The van der Waals surface area contributed by atoms with E-state index in [2.05, 4.69) is 15.3 Å². The van der Waals surface area contributed by atoms with Gasteiger partial charge in [0.15, 0.2) is 15.5 Å². The maximum atomic E-state index is 14.5. The molecular formula is C18H17F2N5O3S. The second-order valence-corrected chi connectivity index (χ2v) is 9.48. The van der Waals surface area contributed by atoms with Crippen molar-refractivity contribution in [3.05, 3.63) is 59.4 Å². The van der Waals surface area contributed by atoms with Gasteiger partial charge in [-0.05, 0) is 43.2 Å². The van der Waals surface area contributed by atoms with E-state index >= 15 is 0 Å². The highest BCUT2D eigenvalue weighted by atomic mass is 32.2. The van der Waals surface area contributed by atoms with Crippen molar-refractivity contribution < 1.29 is 22.0 Å². The Morgan fingerprint density at radius 2 is 1.90 bits per heavy atom. The van der Waals surface area contributed by atoms with Crippen LogP contribution in [0.25, 0.3) is 0 Å². The number of carbonyl (C=O) groups excluding carboxylic acids is 1. The van der Waals surface area contributed by atoms with Gasteiger partial charge in [0.1, 0.15) is 27.9 Å². The van der Waals surface area contributed by atoms with Crippen LogP contribution in [-0.2, 0) is 15.5 Å². The fraction of sp³-hybridized carbons (Fsp3) is 0.278. The largest absolute Gasteiger partial charge is 0.386 e. The molecule has 1 aromatic heterocycles. The zero-order chi connectivity index (χ0) is 21.0. The zero-order valence-electron chi connectivity index (χ0n) is 15.0. The van der Waals surface area contributed by atoms with Crippen LogP contribution >= 0.6 is 0 Å². The van der Waals surface area contributed by atoms with Crippen LogP contribution in [0.3, 0.4) is 0 Å². The van der Waals surface area contributed by atoms with Crippen LogP contribution in [0.5, 0.6) is 0 Å². The molecule has 8 nitrogen and oxygen atoms in total. The minimum absolute atomic E-state index is 0.0575. The first kappa shape index (κ1) is 19.4. The van der Waals surface area contributed by atoms with Gasteiger partial charge in [-0.2, -0.15) is 0 Å². The van der Waals surface area contributed by atoms with E-state index in [4.69, 9.17) is 11.5 Å². The van der Waals surface area contributed by atoms with E-state index in [9.17, 15) is 22.0 Å². The predicted octanol–water partition coefficient (Wildman–Crippen LogP) is 1.04. The average molecular weight is 421 g/mol. The average Bonchev–Trinajstić information content (AvgIpc) is 3.44. The first-order valence-corrected chi connectivity index (χ1v) is 10.3. The number of anilines is 1. The molecule has 0 saturated heterocycles. The number of sulfone groups is 1. The Balaban J connectivity index is 1.68. The molecule has 1 saturated carbocycles. The SMILES string of the molecule is NC1=NC(N)(c2cc(NC(=O)c3ccc(F)cn3)ccc2F)CS(=O)(=O)C12CC2. The van der Waals surface area contributed by atoms with Gasteiger partial charge in [0, 0.05) is 11.3 Å². The molecule has 152 valence electrons. The van der Waals surface area contributed by atoms with Crippen LogP contribution in [0.4, 0.5) is 14.5 Å². The second kappa shape index (κ2) is 6.29. The van der Waals surface area contributed by atoms with Crippen molar-refractivity contribution in [3.8, 4) is 0 Å². The predicted molar refractivity (Wildman–Crippen MR) is 102 cm³/mol. The fourth-order valence-corrected chi connectivity index (χ4v) is 5.56. The van der Waals surface area contributed by atoms with Crippen molar-refractivity contribution in [1.29, 1.82) is 0 Å². The molecule has 2 aromatic rings. The first-order chi connectivity index (χ1) is 13.6. The minimum Gasteiger partial charge on any atom is -0.386 e. The van der Waals surface area contributed by atoms with Crippen LogP contribution in [0, 0.1) is 11.6 Å². The van der Waals surface area contributed by atoms with Crippen molar-refractivity contribution >= 4 is 27.3 Å². The van der Waals surface area contributed by atoms with Gasteiger partial charge in [0.05, 0.1) is 11.9 Å². The lowest BCUT2D eigenvalue weighted by Gasteiger charge is -2.34. The Hall–Kier alpha value is -2.92. The molecule has 0 bridgehead atoms. The molecule has 0 radical (unpaired) electrons. The van der Waals surface area contributed by atoms with E-state index in [1.807, 2.05) is 0 Å². The van der Waals surface area contributed by atoms with Crippen molar-refractivity contribution in [2.75, 3.05) is 11.1 Å². The summed E-state index contributed by atoms with van der Waals surface area (Å²) >= 11 is 0. The van der Waals surface area contributed by atoms with Crippen LogP contribution < -0.4 is 16.8 Å². The van der Waals surface area contributed by atoms with Gasteiger partial charge in [-0.1, -0.05) is 0 Å². The summed E-state index contributed by atoms with van der Waals surface area (Å²) in [6.07, 6.45) is 1.62. The number of halogens is 2. The highest BCUT2D eigenvalue weighted by Crippen LogP contribution is 2.49. The number of aromatic nitrogens is 1. The Morgan fingerprint density at radius 1 is 1.17 bits per heavy atom. The Bertz CT molecular complexity index is 1150. The van der Waals surface area contributed by atoms with Crippen molar-refractivity contribution in [1.82, 2.24) is 4.98 Å². The van der Waals surface area contributed by atoms with E-state index in [0.717, 1.165) is 18.3 Å². The molecule has 1 amide bonds. The zero-order valence-corrected chi connectivity index (χ0v) is 15.8. The maximum Gasteiger partial charge on any atom is 0.274 e. The number of amides is 1. The van der Waals surface area contributed by atoms with Crippen LogP contribution in [0.2, 0.25) is 0 Å². The Labute approximate surface area is 164 Å². The van der Waals surface area contributed by atoms with E-state index in [-0.39, 0.29) is 22.8 Å². The Kier molecular flexibility index (Phi) is 4.21. The molecule has 4 rings (SSSR count). The van der Waals surface area contributed by atoms with Crippen LogP contribution in [0.15, 0.2) is 41.5 Å². The molecule has 1 aromatic carbocycles. The van der Waals surface area contributed by atoms with Gasteiger partial charge >= 0.3 is 0 Å². The third-order valence-electron chi connectivity index (χ3n) is 5.15. The number of carbonyl (C=O) groups is 1. The number of nitrogens with zero attached hydrogens (tertiary/aromatic N) is 2. The molecule has 2 aliphatic rings. The summed E-state index contributed by atoms with van der Waals surface area (Å²) in [5.74, 6) is -2.78. The normalized spacial score (nSPS) is 24.0. The molecular weight excluding hydrogens is 404 g/mol. The molecule has 1 fully saturated rings. The second-order valence-electron chi connectivity index (χ2n) is 7.19. The molecule has 1 atom stereocenters. The number of benzene rings is 1. The number of nitrogens with one attached hydrogen (secondary N) is 1. The molecule has 1 spiro atoms. The molecule has 11 heteroatoms. The summed E-state index contributed by atoms with van der Waals surface area (Å²) in [4.78, 5) is 20.1. The highest BCUT2D eigenvalue weighted by Gasteiger charge is 2.62. The van der Waals surface area contributed by atoms with E-state index in [1.54, 1.807) is 0 Å². The summed E-state index contributed by atoms with van der Waals surface area (Å²) < 4.78 is 51.7. The smallest absolute Gasteiger partial charge is 0.274 e.